The van der Waals surface area contributed by atoms with E-state index in [2.05, 4.69) is 11.9 Å². The number of nitrogens with zero attached hydrogens (tertiary/aromatic N) is 1. The number of unbranched alkanes of at least 4 members (excludes halogenated alkanes) is 3. The van der Waals surface area contributed by atoms with E-state index < -0.39 is 0 Å². The third-order valence-electron chi connectivity index (χ3n) is 3.15. The van der Waals surface area contributed by atoms with Crippen molar-refractivity contribution in [3.05, 3.63) is 36.0 Å². The minimum Gasteiger partial charge on any atom is -0.493 e. The van der Waals surface area contributed by atoms with E-state index in [1.165, 1.54) is 19.3 Å². The molecule has 0 saturated carbocycles. The first-order chi connectivity index (χ1) is 9.35. The van der Waals surface area contributed by atoms with Crippen LogP contribution in [0, 0.1) is 0 Å². The second kappa shape index (κ2) is 7.10. The molecule has 1 aromatic heterocycles. The Morgan fingerprint density at radius 2 is 2.00 bits per heavy atom. The van der Waals surface area contributed by atoms with Gasteiger partial charge in [-0.15, -0.1) is 0 Å². The number of ether oxygens (including phenoxy) is 1. The molecule has 3 nitrogen and oxygen atoms in total. The minimum absolute atomic E-state index is 0.0585. The second-order valence-corrected chi connectivity index (χ2v) is 4.70. The van der Waals surface area contributed by atoms with E-state index in [4.69, 9.17) is 4.74 Å². The van der Waals surface area contributed by atoms with Crippen LogP contribution in [0.15, 0.2) is 30.3 Å². The zero-order chi connectivity index (χ0) is 13.5. The van der Waals surface area contributed by atoms with E-state index in [-0.39, 0.29) is 6.61 Å². The Labute approximate surface area is 114 Å². The largest absolute Gasteiger partial charge is 0.493 e. The fourth-order valence-corrected chi connectivity index (χ4v) is 2.11. The predicted molar refractivity (Wildman–Crippen MR) is 77.3 cm³/mol. The number of hydrogen-bond acceptors (Lipinski definition) is 3. The third-order valence-corrected chi connectivity index (χ3v) is 3.15. The summed E-state index contributed by atoms with van der Waals surface area (Å²) in [7, 11) is 0. The lowest BCUT2D eigenvalue weighted by Crippen LogP contribution is -2.00. The molecule has 0 unspecified atom stereocenters. The molecule has 1 heterocycles. The second-order valence-electron chi connectivity index (χ2n) is 4.70. The minimum atomic E-state index is -0.0585. The van der Waals surface area contributed by atoms with Gasteiger partial charge in [-0.3, -0.25) is 4.98 Å². The summed E-state index contributed by atoms with van der Waals surface area (Å²) in [6, 6.07) is 9.71. The fourth-order valence-electron chi connectivity index (χ4n) is 2.11. The van der Waals surface area contributed by atoms with E-state index in [0.717, 1.165) is 29.7 Å². The van der Waals surface area contributed by atoms with Crippen LogP contribution in [0.25, 0.3) is 10.9 Å². The summed E-state index contributed by atoms with van der Waals surface area (Å²) in [5.41, 5.74) is 1.53. The van der Waals surface area contributed by atoms with E-state index in [9.17, 15) is 5.11 Å². The molecule has 0 atom stereocenters. The molecule has 0 aliphatic rings. The van der Waals surface area contributed by atoms with Crippen LogP contribution < -0.4 is 4.74 Å². The lowest BCUT2D eigenvalue weighted by Gasteiger charge is -2.10. The van der Waals surface area contributed by atoms with E-state index in [1.54, 1.807) is 0 Å². The van der Waals surface area contributed by atoms with E-state index in [0.29, 0.717) is 5.69 Å². The van der Waals surface area contributed by atoms with Crippen molar-refractivity contribution in [2.24, 2.45) is 0 Å². The van der Waals surface area contributed by atoms with Crippen LogP contribution in [0.4, 0.5) is 0 Å². The summed E-state index contributed by atoms with van der Waals surface area (Å²) < 4.78 is 5.86. The Bertz CT molecular complexity index is 525. The van der Waals surface area contributed by atoms with Gasteiger partial charge in [-0.2, -0.15) is 0 Å². The quantitative estimate of drug-likeness (QED) is 0.771. The first-order valence-electron chi connectivity index (χ1n) is 6.97. The van der Waals surface area contributed by atoms with Crippen molar-refractivity contribution >= 4 is 10.9 Å². The molecule has 2 rings (SSSR count). The number of hydrogen-bond donors (Lipinski definition) is 1. The number of rotatable bonds is 7. The maximum atomic E-state index is 9.25. The maximum Gasteiger partial charge on any atom is 0.130 e. The zero-order valence-corrected chi connectivity index (χ0v) is 11.4. The van der Waals surface area contributed by atoms with Gasteiger partial charge in [-0.1, -0.05) is 38.3 Å². The Hall–Kier alpha value is -1.61. The van der Waals surface area contributed by atoms with Gasteiger partial charge in [0.1, 0.15) is 5.75 Å². The molecular formula is C16H21NO2. The molecule has 0 fully saturated rings. The average molecular weight is 259 g/mol. The molecule has 0 radical (unpaired) electrons. The van der Waals surface area contributed by atoms with Crippen molar-refractivity contribution < 1.29 is 9.84 Å². The first kappa shape index (κ1) is 13.8. The molecule has 0 saturated heterocycles. The molecule has 102 valence electrons. The van der Waals surface area contributed by atoms with Gasteiger partial charge >= 0.3 is 0 Å². The standard InChI is InChI=1S/C16H21NO2/c1-2-3-4-7-10-19-16-11-13(12-18)17-15-9-6-5-8-14(15)16/h5-6,8-9,11,18H,2-4,7,10,12H2,1H3. The topological polar surface area (TPSA) is 42.4 Å². The fraction of sp³-hybridized carbons (Fsp3) is 0.438. The smallest absolute Gasteiger partial charge is 0.130 e. The van der Waals surface area contributed by atoms with Crippen molar-refractivity contribution in [3.63, 3.8) is 0 Å². The van der Waals surface area contributed by atoms with Gasteiger partial charge in [-0.25, -0.2) is 0 Å². The monoisotopic (exact) mass is 259 g/mol. The van der Waals surface area contributed by atoms with Gasteiger partial charge in [0, 0.05) is 11.5 Å². The molecule has 0 bridgehead atoms. The van der Waals surface area contributed by atoms with Crippen molar-refractivity contribution in [2.45, 2.75) is 39.2 Å². The number of pyridine rings is 1. The zero-order valence-electron chi connectivity index (χ0n) is 11.4. The van der Waals surface area contributed by atoms with Crippen molar-refractivity contribution in [1.29, 1.82) is 0 Å². The number of fused-ring (bicyclic) bond motifs is 1. The van der Waals surface area contributed by atoms with Crippen LogP contribution in [0.2, 0.25) is 0 Å². The summed E-state index contributed by atoms with van der Waals surface area (Å²) in [5, 5.41) is 10.3. The summed E-state index contributed by atoms with van der Waals surface area (Å²) in [6.07, 6.45) is 4.75. The Morgan fingerprint density at radius 3 is 2.79 bits per heavy atom. The number of para-hydroxylation sites is 1. The lowest BCUT2D eigenvalue weighted by molar-refractivity contribution is 0.274. The van der Waals surface area contributed by atoms with E-state index >= 15 is 0 Å². The molecule has 0 spiro atoms. The highest BCUT2D eigenvalue weighted by molar-refractivity contribution is 5.85. The SMILES string of the molecule is CCCCCCOc1cc(CO)nc2ccccc12. The molecule has 3 heteroatoms. The maximum absolute atomic E-state index is 9.25. The molecular weight excluding hydrogens is 238 g/mol. The molecule has 0 amide bonds. The van der Waals surface area contributed by atoms with Crippen LogP contribution in [0.5, 0.6) is 5.75 Å². The third kappa shape index (κ3) is 3.67. The highest BCUT2D eigenvalue weighted by atomic mass is 16.5. The Balaban J connectivity index is 2.11. The molecule has 19 heavy (non-hydrogen) atoms. The number of aromatic nitrogens is 1. The predicted octanol–water partition coefficient (Wildman–Crippen LogP) is 3.69. The van der Waals surface area contributed by atoms with Crippen molar-refractivity contribution in [3.8, 4) is 5.75 Å². The van der Waals surface area contributed by atoms with Crippen LogP contribution in [0.3, 0.4) is 0 Å². The number of benzene rings is 1. The highest BCUT2D eigenvalue weighted by Crippen LogP contribution is 2.25. The van der Waals surface area contributed by atoms with Gasteiger partial charge in [-0.05, 0) is 18.6 Å². The van der Waals surface area contributed by atoms with Crippen molar-refractivity contribution in [1.82, 2.24) is 4.98 Å². The van der Waals surface area contributed by atoms with Crippen LogP contribution in [0.1, 0.15) is 38.3 Å². The van der Waals surface area contributed by atoms with Crippen LogP contribution >= 0.6 is 0 Å². The van der Waals surface area contributed by atoms with Gasteiger partial charge in [0.2, 0.25) is 0 Å². The van der Waals surface area contributed by atoms with Gasteiger partial charge in [0.05, 0.1) is 24.4 Å². The average Bonchev–Trinajstić information content (AvgIpc) is 2.46. The van der Waals surface area contributed by atoms with Gasteiger partial charge in [0.15, 0.2) is 0 Å². The molecule has 1 aromatic carbocycles. The summed E-state index contributed by atoms with van der Waals surface area (Å²) in [6.45, 7) is 2.86. The summed E-state index contributed by atoms with van der Waals surface area (Å²) >= 11 is 0. The van der Waals surface area contributed by atoms with Crippen LogP contribution in [-0.2, 0) is 6.61 Å². The number of aliphatic hydroxyl groups excluding tert-OH is 1. The lowest BCUT2D eigenvalue weighted by atomic mass is 10.2. The summed E-state index contributed by atoms with van der Waals surface area (Å²) in [5.74, 6) is 0.825. The van der Waals surface area contributed by atoms with Crippen molar-refractivity contribution in [2.75, 3.05) is 6.61 Å². The molecule has 0 aliphatic heterocycles. The first-order valence-corrected chi connectivity index (χ1v) is 6.97. The van der Waals surface area contributed by atoms with E-state index in [1.807, 2.05) is 30.3 Å². The highest BCUT2D eigenvalue weighted by Gasteiger charge is 2.06. The van der Waals surface area contributed by atoms with Gasteiger partial charge < -0.3 is 9.84 Å². The molecule has 1 N–H and O–H groups in total. The normalized spacial score (nSPS) is 10.8. The van der Waals surface area contributed by atoms with Gasteiger partial charge in [0.25, 0.3) is 0 Å². The number of aliphatic hydroxyl groups is 1. The van der Waals surface area contributed by atoms with Crippen LogP contribution in [-0.4, -0.2) is 16.7 Å². The molecule has 2 aromatic rings. The Morgan fingerprint density at radius 1 is 1.16 bits per heavy atom. The Kier molecular flexibility index (Phi) is 5.16. The summed E-state index contributed by atoms with van der Waals surface area (Å²) in [4.78, 5) is 4.38. The molecule has 0 aliphatic carbocycles.